The Labute approximate surface area is 287 Å². The number of benzene rings is 7. The molecule has 0 aliphatic rings. The Morgan fingerprint density at radius 3 is 1.58 bits per heavy atom. The van der Waals surface area contributed by atoms with Gasteiger partial charge in [0.1, 0.15) is 0 Å². The number of hydrogen-bond acceptors (Lipinski definition) is 3. The minimum Gasteiger partial charge on any atom is -0.309 e. The fourth-order valence-electron chi connectivity index (χ4n) is 7.40. The molecule has 2 heterocycles. The highest BCUT2D eigenvalue weighted by molar-refractivity contribution is 6.11. The number of rotatable bonds is 4. The highest BCUT2D eigenvalue weighted by Crippen LogP contribution is 2.39. The van der Waals surface area contributed by atoms with Crippen LogP contribution in [0, 0.1) is 34.0 Å². The maximum Gasteiger partial charge on any atom is 0.0998 e. The van der Waals surface area contributed by atoms with Crippen LogP contribution in [-0.2, 0) is 0 Å². The Morgan fingerprint density at radius 2 is 0.940 bits per heavy atom. The fourth-order valence-corrected chi connectivity index (χ4v) is 7.40. The number of para-hydroxylation sites is 2. The van der Waals surface area contributed by atoms with E-state index in [9.17, 15) is 15.8 Å². The van der Waals surface area contributed by atoms with Crippen molar-refractivity contribution >= 4 is 43.6 Å². The molecule has 2 aromatic heterocycles. The minimum atomic E-state index is 0.586. The van der Waals surface area contributed by atoms with Crippen LogP contribution >= 0.6 is 0 Å². The smallest absolute Gasteiger partial charge is 0.0998 e. The molecule has 50 heavy (non-hydrogen) atoms. The molecule has 0 amide bonds. The van der Waals surface area contributed by atoms with Crippen molar-refractivity contribution in [2.45, 2.75) is 0 Å². The number of nitrogens with zero attached hydrogens (tertiary/aromatic N) is 5. The van der Waals surface area contributed by atoms with Crippen LogP contribution in [0.3, 0.4) is 0 Å². The van der Waals surface area contributed by atoms with Gasteiger partial charge in [-0.25, -0.2) is 0 Å². The van der Waals surface area contributed by atoms with Gasteiger partial charge in [-0.2, -0.15) is 15.8 Å². The van der Waals surface area contributed by atoms with Gasteiger partial charge in [0, 0.05) is 32.8 Å². The first-order valence-electron chi connectivity index (χ1n) is 16.3. The first-order chi connectivity index (χ1) is 24.7. The van der Waals surface area contributed by atoms with E-state index in [2.05, 4.69) is 106 Å². The zero-order valence-corrected chi connectivity index (χ0v) is 26.7. The van der Waals surface area contributed by atoms with Crippen LogP contribution in [0.4, 0.5) is 0 Å². The van der Waals surface area contributed by atoms with Crippen molar-refractivity contribution in [1.82, 2.24) is 9.13 Å². The predicted molar refractivity (Wildman–Crippen MR) is 200 cm³/mol. The fraction of sp³-hybridized carbons (Fsp3) is 0. The highest BCUT2D eigenvalue weighted by Gasteiger charge is 2.19. The van der Waals surface area contributed by atoms with Crippen LogP contribution in [0.15, 0.2) is 152 Å². The summed E-state index contributed by atoms with van der Waals surface area (Å²) in [5, 5.41) is 33.7. The molecule has 0 aliphatic heterocycles. The predicted octanol–water partition coefficient (Wildman–Crippen LogP) is 10.8. The van der Waals surface area contributed by atoms with Crippen LogP contribution in [-0.4, -0.2) is 9.13 Å². The molecule has 0 unspecified atom stereocenters. The summed E-state index contributed by atoms with van der Waals surface area (Å²) in [6.07, 6.45) is 0. The lowest BCUT2D eigenvalue weighted by Gasteiger charge is -2.16. The maximum absolute atomic E-state index is 10.3. The van der Waals surface area contributed by atoms with E-state index in [0.717, 1.165) is 77.2 Å². The average molecular weight is 636 g/mol. The van der Waals surface area contributed by atoms with E-state index in [1.54, 1.807) is 0 Å². The van der Waals surface area contributed by atoms with Gasteiger partial charge >= 0.3 is 0 Å². The van der Waals surface area contributed by atoms with E-state index in [1.165, 1.54) is 0 Å². The van der Waals surface area contributed by atoms with Gasteiger partial charge in [0.25, 0.3) is 0 Å². The van der Waals surface area contributed by atoms with Gasteiger partial charge in [-0.3, -0.25) is 0 Å². The monoisotopic (exact) mass is 635 g/mol. The molecular weight excluding hydrogens is 611 g/mol. The van der Waals surface area contributed by atoms with Crippen LogP contribution < -0.4 is 0 Å². The number of hydrogen-bond donors (Lipinski definition) is 0. The molecule has 0 radical (unpaired) electrons. The van der Waals surface area contributed by atoms with Crippen molar-refractivity contribution < 1.29 is 0 Å². The molecule has 9 aromatic rings. The molecule has 9 rings (SSSR count). The van der Waals surface area contributed by atoms with E-state index >= 15 is 0 Å². The Kier molecular flexibility index (Phi) is 6.56. The molecule has 5 nitrogen and oxygen atoms in total. The molecule has 5 heteroatoms. The summed E-state index contributed by atoms with van der Waals surface area (Å²) in [6, 6.07) is 57.9. The topological polar surface area (TPSA) is 81.2 Å². The molecule has 0 aliphatic carbocycles. The van der Waals surface area contributed by atoms with Crippen molar-refractivity contribution in [2.24, 2.45) is 0 Å². The average Bonchev–Trinajstić information content (AvgIpc) is 3.69. The van der Waals surface area contributed by atoms with Gasteiger partial charge in [0.2, 0.25) is 0 Å². The zero-order chi connectivity index (χ0) is 33.8. The summed E-state index contributed by atoms with van der Waals surface area (Å²) < 4.78 is 4.45. The normalized spacial score (nSPS) is 11.1. The summed E-state index contributed by atoms with van der Waals surface area (Å²) in [7, 11) is 0. The third-order valence-electron chi connectivity index (χ3n) is 9.62. The van der Waals surface area contributed by atoms with Crippen LogP contribution in [0.1, 0.15) is 16.7 Å². The molecule has 0 saturated carbocycles. The molecule has 0 saturated heterocycles. The molecule has 0 bridgehead atoms. The van der Waals surface area contributed by atoms with Crippen molar-refractivity contribution in [1.29, 1.82) is 15.8 Å². The Hall–Kier alpha value is -7.39. The van der Waals surface area contributed by atoms with Gasteiger partial charge in [0.15, 0.2) is 0 Å². The SMILES string of the molecule is N#Cc1ccc2c(c1)c1ccccc1n2-c1cccc(-c2ccc(-c3c(C#N)cccc3-n3c4ccccc4c4cc(C#N)ccc43)cc2)c1. The lowest BCUT2D eigenvalue weighted by molar-refractivity contribution is 1.18. The Bertz CT molecular complexity index is 2960. The van der Waals surface area contributed by atoms with Crippen LogP contribution in [0.5, 0.6) is 0 Å². The molecule has 0 N–H and O–H groups in total. The molecule has 7 aromatic carbocycles. The Morgan fingerprint density at radius 1 is 0.380 bits per heavy atom. The second-order valence-electron chi connectivity index (χ2n) is 12.3. The summed E-state index contributed by atoms with van der Waals surface area (Å²) in [6.45, 7) is 0. The van der Waals surface area contributed by atoms with Crippen molar-refractivity contribution in [3.63, 3.8) is 0 Å². The summed E-state index contributed by atoms with van der Waals surface area (Å²) in [5.74, 6) is 0. The number of nitriles is 3. The lowest BCUT2D eigenvalue weighted by Crippen LogP contribution is -1.99. The third kappa shape index (κ3) is 4.38. The highest BCUT2D eigenvalue weighted by atomic mass is 15.0. The molecule has 0 fully saturated rings. The maximum atomic E-state index is 10.3. The molecule has 0 atom stereocenters. The number of aromatic nitrogens is 2. The van der Waals surface area contributed by atoms with E-state index in [4.69, 9.17) is 0 Å². The number of fused-ring (bicyclic) bond motifs is 6. The van der Waals surface area contributed by atoms with Gasteiger partial charge in [-0.05, 0) is 89.5 Å². The van der Waals surface area contributed by atoms with Gasteiger partial charge in [0.05, 0.1) is 62.7 Å². The second-order valence-corrected chi connectivity index (χ2v) is 12.3. The zero-order valence-electron chi connectivity index (χ0n) is 26.7. The second kappa shape index (κ2) is 11.4. The van der Waals surface area contributed by atoms with E-state index in [1.807, 2.05) is 72.8 Å². The van der Waals surface area contributed by atoms with Gasteiger partial charge in [-0.1, -0.05) is 78.9 Å². The van der Waals surface area contributed by atoms with E-state index in [0.29, 0.717) is 16.7 Å². The van der Waals surface area contributed by atoms with Gasteiger partial charge in [-0.15, -0.1) is 0 Å². The van der Waals surface area contributed by atoms with Crippen LogP contribution in [0.25, 0.3) is 77.2 Å². The lowest BCUT2D eigenvalue weighted by atomic mass is 9.95. The molecule has 0 spiro atoms. The summed E-state index contributed by atoms with van der Waals surface area (Å²) >= 11 is 0. The largest absolute Gasteiger partial charge is 0.309 e. The third-order valence-corrected chi connectivity index (χ3v) is 9.62. The van der Waals surface area contributed by atoms with Crippen molar-refractivity contribution in [3.8, 4) is 51.8 Å². The van der Waals surface area contributed by atoms with Gasteiger partial charge < -0.3 is 9.13 Å². The molecular formula is C45H25N5. The molecule has 230 valence electrons. The minimum absolute atomic E-state index is 0.586. The van der Waals surface area contributed by atoms with Crippen molar-refractivity contribution in [3.05, 3.63) is 168 Å². The van der Waals surface area contributed by atoms with E-state index < -0.39 is 0 Å². The quantitative estimate of drug-likeness (QED) is 0.193. The van der Waals surface area contributed by atoms with Crippen LogP contribution in [0.2, 0.25) is 0 Å². The summed E-state index contributed by atoms with van der Waals surface area (Å²) in [4.78, 5) is 0. The van der Waals surface area contributed by atoms with E-state index in [-0.39, 0.29) is 0 Å². The Balaban J connectivity index is 1.17. The first-order valence-corrected chi connectivity index (χ1v) is 16.3. The first kappa shape index (κ1) is 28.8. The standard InChI is InChI=1S/C45H25N5/c46-26-29-15-21-42-38(23-29)36-10-1-3-12-40(36)49(42)35-9-5-7-33(25-35)31-17-19-32(20-18-31)45-34(28-48)8-6-14-44(45)50-41-13-4-2-11-37(41)39-24-30(27-47)16-22-43(39)50/h1-25H. The van der Waals surface area contributed by atoms with Crippen molar-refractivity contribution in [2.75, 3.05) is 0 Å². The summed E-state index contributed by atoms with van der Waals surface area (Å²) in [5.41, 5.74) is 11.8.